The second-order valence-corrected chi connectivity index (χ2v) is 6.15. The van der Waals surface area contributed by atoms with Crippen molar-refractivity contribution >= 4 is 35.0 Å². The van der Waals surface area contributed by atoms with E-state index in [-0.39, 0.29) is 35.6 Å². The van der Waals surface area contributed by atoms with Crippen LogP contribution < -0.4 is 5.32 Å². The quantitative estimate of drug-likeness (QED) is 0.829. The molecule has 2 N–H and O–H groups in total. The second-order valence-electron chi connectivity index (χ2n) is 5.30. The summed E-state index contributed by atoms with van der Waals surface area (Å²) in [7, 11) is 1.58. The predicted molar refractivity (Wildman–Crippen MR) is 87.3 cm³/mol. The van der Waals surface area contributed by atoms with E-state index < -0.39 is 11.9 Å². The first-order chi connectivity index (χ1) is 10.3. The van der Waals surface area contributed by atoms with Crippen molar-refractivity contribution in [1.82, 2.24) is 10.2 Å². The first kappa shape index (κ1) is 18.7. The van der Waals surface area contributed by atoms with Gasteiger partial charge in [-0.2, -0.15) is 0 Å². The molecule has 0 heterocycles. The normalized spacial score (nSPS) is 12.1. The summed E-state index contributed by atoms with van der Waals surface area (Å²) in [4.78, 5) is 26.0. The summed E-state index contributed by atoms with van der Waals surface area (Å²) in [6.45, 7) is 3.74. The molecule has 1 unspecified atom stereocenters. The highest BCUT2D eigenvalue weighted by molar-refractivity contribution is 6.36. The average Bonchev–Trinajstić information content (AvgIpc) is 2.43. The summed E-state index contributed by atoms with van der Waals surface area (Å²) in [5, 5.41) is 12.3. The minimum atomic E-state index is -0.698. The van der Waals surface area contributed by atoms with Gasteiger partial charge < -0.3 is 15.3 Å². The molecule has 1 aromatic rings. The number of hydrogen-bond acceptors (Lipinski definition) is 3. The maximum absolute atomic E-state index is 12.3. The minimum Gasteiger partial charge on any atom is -0.395 e. The zero-order valence-corrected chi connectivity index (χ0v) is 14.3. The number of nitrogens with one attached hydrogen (secondary N) is 1. The molecule has 0 fully saturated rings. The van der Waals surface area contributed by atoms with Crippen LogP contribution in [-0.4, -0.2) is 48.1 Å². The van der Waals surface area contributed by atoms with E-state index in [0.717, 1.165) is 0 Å². The molecule has 22 heavy (non-hydrogen) atoms. The monoisotopic (exact) mass is 346 g/mol. The van der Waals surface area contributed by atoms with E-state index in [9.17, 15) is 9.59 Å². The molecule has 0 saturated heterocycles. The van der Waals surface area contributed by atoms with Gasteiger partial charge in [-0.25, -0.2) is 0 Å². The van der Waals surface area contributed by atoms with Crippen LogP contribution in [0, 0.1) is 5.92 Å². The van der Waals surface area contributed by atoms with Gasteiger partial charge in [0.1, 0.15) is 6.04 Å². The van der Waals surface area contributed by atoms with Gasteiger partial charge in [-0.1, -0.05) is 37.0 Å². The highest BCUT2D eigenvalue weighted by Gasteiger charge is 2.27. The van der Waals surface area contributed by atoms with Crippen molar-refractivity contribution in [2.24, 2.45) is 5.92 Å². The molecule has 0 aromatic heterocycles. The predicted octanol–water partition coefficient (Wildman–Crippen LogP) is 2.20. The van der Waals surface area contributed by atoms with Crippen LogP contribution in [0.5, 0.6) is 0 Å². The number of amides is 2. The van der Waals surface area contributed by atoms with Crippen molar-refractivity contribution in [3.05, 3.63) is 33.8 Å². The minimum absolute atomic E-state index is 0.108. The van der Waals surface area contributed by atoms with Gasteiger partial charge in [-0.15, -0.1) is 0 Å². The zero-order valence-electron chi connectivity index (χ0n) is 12.8. The Kier molecular flexibility index (Phi) is 7.13. The molecule has 0 bridgehead atoms. The lowest BCUT2D eigenvalue weighted by Crippen LogP contribution is -2.50. The molecule has 0 aliphatic heterocycles. The summed E-state index contributed by atoms with van der Waals surface area (Å²) in [5.41, 5.74) is 0.259. The Morgan fingerprint density at radius 2 is 1.95 bits per heavy atom. The van der Waals surface area contributed by atoms with Crippen LogP contribution in [0.25, 0.3) is 0 Å². The maximum atomic E-state index is 12.3. The first-order valence-electron chi connectivity index (χ1n) is 6.89. The molecule has 0 aliphatic carbocycles. The van der Waals surface area contributed by atoms with E-state index in [1.165, 1.54) is 17.0 Å². The van der Waals surface area contributed by atoms with Crippen molar-refractivity contribution in [1.29, 1.82) is 0 Å². The Morgan fingerprint density at radius 3 is 2.45 bits per heavy atom. The van der Waals surface area contributed by atoms with E-state index >= 15 is 0 Å². The summed E-state index contributed by atoms with van der Waals surface area (Å²) in [5.74, 6) is -0.808. The summed E-state index contributed by atoms with van der Waals surface area (Å²) in [6, 6.07) is 3.85. The van der Waals surface area contributed by atoms with Gasteiger partial charge in [0.05, 0.1) is 17.2 Å². The Morgan fingerprint density at radius 1 is 1.32 bits per heavy atom. The third-order valence-corrected chi connectivity index (χ3v) is 3.75. The SMILES string of the molecule is CC(C)C(NC(=O)c1ccc(Cl)cc1Cl)C(=O)N(C)CCO. The number of aliphatic hydroxyl groups excluding tert-OH is 1. The summed E-state index contributed by atoms with van der Waals surface area (Å²) < 4.78 is 0. The van der Waals surface area contributed by atoms with Crippen LogP contribution in [0.1, 0.15) is 24.2 Å². The topological polar surface area (TPSA) is 69.6 Å². The van der Waals surface area contributed by atoms with Crippen molar-refractivity contribution in [3.63, 3.8) is 0 Å². The van der Waals surface area contributed by atoms with Gasteiger partial charge in [0.15, 0.2) is 0 Å². The van der Waals surface area contributed by atoms with Gasteiger partial charge >= 0.3 is 0 Å². The highest BCUT2D eigenvalue weighted by Crippen LogP contribution is 2.21. The van der Waals surface area contributed by atoms with E-state index in [0.29, 0.717) is 5.02 Å². The second kappa shape index (κ2) is 8.36. The van der Waals surface area contributed by atoms with E-state index in [1.54, 1.807) is 13.1 Å². The highest BCUT2D eigenvalue weighted by atomic mass is 35.5. The molecule has 2 amide bonds. The molecule has 7 heteroatoms. The number of aliphatic hydroxyl groups is 1. The van der Waals surface area contributed by atoms with E-state index in [2.05, 4.69) is 5.32 Å². The number of carbonyl (C=O) groups excluding carboxylic acids is 2. The van der Waals surface area contributed by atoms with Gasteiger partial charge in [-0.3, -0.25) is 9.59 Å². The molecule has 5 nitrogen and oxygen atoms in total. The molecule has 1 aromatic carbocycles. The lowest BCUT2D eigenvalue weighted by molar-refractivity contribution is -0.133. The van der Waals surface area contributed by atoms with Crippen LogP contribution >= 0.6 is 23.2 Å². The Balaban J connectivity index is 2.91. The molecular weight excluding hydrogens is 327 g/mol. The largest absolute Gasteiger partial charge is 0.395 e. The van der Waals surface area contributed by atoms with Crippen molar-refractivity contribution < 1.29 is 14.7 Å². The maximum Gasteiger partial charge on any atom is 0.253 e. The molecule has 0 saturated carbocycles. The van der Waals surface area contributed by atoms with E-state index in [1.807, 2.05) is 13.8 Å². The van der Waals surface area contributed by atoms with Gasteiger partial charge in [-0.05, 0) is 24.1 Å². The summed E-state index contributed by atoms with van der Waals surface area (Å²) in [6.07, 6.45) is 0. The van der Waals surface area contributed by atoms with Crippen molar-refractivity contribution in [2.45, 2.75) is 19.9 Å². The van der Waals surface area contributed by atoms with Crippen LogP contribution in [0.3, 0.4) is 0 Å². The number of rotatable bonds is 6. The molecular formula is C15H20Cl2N2O3. The van der Waals surface area contributed by atoms with Crippen LogP contribution in [0.15, 0.2) is 18.2 Å². The number of hydrogen-bond donors (Lipinski definition) is 2. The first-order valence-corrected chi connectivity index (χ1v) is 7.65. The molecule has 0 aliphatic rings. The number of nitrogens with zero attached hydrogens (tertiary/aromatic N) is 1. The van der Waals surface area contributed by atoms with Crippen LogP contribution in [0.2, 0.25) is 10.0 Å². The standard InChI is InChI=1S/C15H20Cl2N2O3/c1-9(2)13(15(22)19(3)6-7-20)18-14(21)11-5-4-10(16)8-12(11)17/h4-5,8-9,13,20H,6-7H2,1-3H3,(H,18,21). The number of carbonyl (C=O) groups is 2. The van der Waals surface area contributed by atoms with Crippen LogP contribution in [-0.2, 0) is 4.79 Å². The number of benzene rings is 1. The lowest BCUT2D eigenvalue weighted by Gasteiger charge is -2.26. The Bertz CT molecular complexity index is 550. The van der Waals surface area contributed by atoms with Gasteiger partial charge in [0.2, 0.25) is 5.91 Å². The molecule has 1 rings (SSSR count). The Hall–Kier alpha value is -1.30. The van der Waals surface area contributed by atoms with Gasteiger partial charge in [0, 0.05) is 18.6 Å². The van der Waals surface area contributed by atoms with Crippen LogP contribution in [0.4, 0.5) is 0 Å². The van der Waals surface area contributed by atoms with Gasteiger partial charge in [0.25, 0.3) is 5.91 Å². The third-order valence-electron chi connectivity index (χ3n) is 3.21. The third kappa shape index (κ3) is 4.87. The molecule has 0 radical (unpaired) electrons. The van der Waals surface area contributed by atoms with Crippen molar-refractivity contribution in [3.8, 4) is 0 Å². The number of likely N-dealkylation sites (N-methyl/N-ethyl adjacent to an activating group) is 1. The summed E-state index contributed by atoms with van der Waals surface area (Å²) >= 11 is 11.8. The molecule has 122 valence electrons. The smallest absolute Gasteiger partial charge is 0.253 e. The zero-order chi connectivity index (χ0) is 16.9. The fourth-order valence-corrected chi connectivity index (χ4v) is 2.40. The van der Waals surface area contributed by atoms with Crippen molar-refractivity contribution in [2.75, 3.05) is 20.2 Å². The lowest BCUT2D eigenvalue weighted by atomic mass is 10.0. The molecule has 1 atom stereocenters. The Labute approximate surface area is 140 Å². The average molecular weight is 347 g/mol. The fourth-order valence-electron chi connectivity index (χ4n) is 1.90. The fraction of sp³-hybridized carbons (Fsp3) is 0.467. The molecule has 0 spiro atoms. The van der Waals surface area contributed by atoms with E-state index in [4.69, 9.17) is 28.3 Å². The number of halogens is 2.